The monoisotopic (exact) mass is 1410 g/mol. The predicted octanol–water partition coefficient (Wildman–Crippen LogP) is 8.50. The fourth-order valence-electron chi connectivity index (χ4n) is 5.33. The van der Waals surface area contributed by atoms with E-state index in [1.165, 1.54) is 31.8 Å². The van der Waals surface area contributed by atoms with Gasteiger partial charge in [-0.2, -0.15) is 40.8 Å². The Morgan fingerprint density at radius 1 is 0.400 bits per heavy atom. The molecule has 0 bridgehead atoms. The topological polar surface area (TPSA) is 269 Å². The molecule has 0 amide bonds. The van der Waals surface area contributed by atoms with Gasteiger partial charge in [0.15, 0.2) is 0 Å². The molecule has 0 aliphatic carbocycles. The Kier molecular flexibility index (Phi) is 34.8. The van der Waals surface area contributed by atoms with Crippen LogP contribution in [-0.4, -0.2) is 81.0 Å². The van der Waals surface area contributed by atoms with Crippen molar-refractivity contribution in [2.45, 2.75) is 13.8 Å². The Bertz CT molecular complexity index is 2920. The second kappa shape index (κ2) is 40.6. The summed E-state index contributed by atoms with van der Waals surface area (Å²) >= 11 is 13.2. The molecule has 0 aliphatic rings. The SMILES string of the molecule is CCOC(C)=O.[Fe+2].[Fe+2].[O-]/C(=N\N=C\c1ccccn1)c1ccccc1Br.[O-]/C(=N\N=C\c1ccccn1)c1ccccc1Br.[O-]/C(=N\N=C\c1ccccn1)c1ccccc1Br.[O-]/C(=N\N=C\c1ccccn1)c1ccccc1Br. The van der Waals surface area contributed by atoms with E-state index < -0.39 is 23.6 Å². The standard InChI is InChI=1S/4C13H10BrN3O.C4H8O2.2Fe/c4*14-12-7-2-1-6-11(12)13(18)17-16-9-10-5-3-4-8-15-10;1-3-6-4(2)5;;/h4*1-9H,(H,17,18);3H2,1-2H3;;/q;;;;;2*+2/p-4/b4*16-9+;;;. The van der Waals surface area contributed by atoms with Gasteiger partial charge in [-0.1, -0.05) is 161 Å². The maximum atomic E-state index is 11.7. The Balaban J connectivity index is 0.000000349. The number of rotatable bonds is 13. The summed E-state index contributed by atoms with van der Waals surface area (Å²) in [6.07, 6.45) is 12.4. The fraction of sp³-hybridized carbons (Fsp3) is 0.0536. The van der Waals surface area contributed by atoms with Crippen molar-refractivity contribution in [1.29, 1.82) is 0 Å². The summed E-state index contributed by atoms with van der Waals surface area (Å²) in [5.74, 6) is -1.79. The van der Waals surface area contributed by atoms with Crippen LogP contribution in [0.25, 0.3) is 0 Å². The molecule has 80 heavy (non-hydrogen) atoms. The molecule has 8 rings (SSSR count). The third-order valence-corrected chi connectivity index (χ3v) is 11.6. The van der Waals surface area contributed by atoms with E-state index in [0.717, 1.165) is 0 Å². The van der Waals surface area contributed by atoms with Crippen LogP contribution in [0.5, 0.6) is 0 Å². The molecule has 408 valence electrons. The first-order valence-corrected chi connectivity index (χ1v) is 25.9. The quantitative estimate of drug-likeness (QED) is 0.0349. The fourth-order valence-corrected chi connectivity index (χ4v) is 7.15. The number of halogens is 4. The first kappa shape index (κ1) is 68.6. The third-order valence-electron chi connectivity index (χ3n) is 8.87. The molecule has 0 fully saturated rings. The van der Waals surface area contributed by atoms with Crippen molar-refractivity contribution in [3.8, 4) is 0 Å². The smallest absolute Gasteiger partial charge is 0.857 e. The van der Waals surface area contributed by atoms with Crippen molar-refractivity contribution in [2.24, 2.45) is 40.8 Å². The molecular weight excluding hydrogens is 1370 g/mol. The summed E-state index contributed by atoms with van der Waals surface area (Å²) in [6.45, 7) is 3.65. The summed E-state index contributed by atoms with van der Waals surface area (Å²) in [6, 6.07) is 50.0. The van der Waals surface area contributed by atoms with Gasteiger partial charge in [-0.15, -0.1) is 0 Å². The summed E-state index contributed by atoms with van der Waals surface area (Å²) in [5, 5.41) is 76.2. The van der Waals surface area contributed by atoms with E-state index in [0.29, 0.717) is 69.5 Å². The number of hydrogen-bond donors (Lipinski definition) is 0. The number of carbonyl (C=O) groups excluding carboxylic acids is 1. The number of aromatic nitrogens is 4. The molecule has 0 spiro atoms. The van der Waals surface area contributed by atoms with E-state index >= 15 is 0 Å². The molecule has 0 atom stereocenters. The Morgan fingerprint density at radius 3 is 0.775 bits per heavy atom. The van der Waals surface area contributed by atoms with Gasteiger partial charge in [0.25, 0.3) is 0 Å². The molecule has 0 N–H and O–H groups in total. The first-order valence-electron chi connectivity index (χ1n) is 22.7. The molecule has 4 heterocycles. The van der Waals surface area contributed by atoms with Crippen LogP contribution in [-0.2, 0) is 43.7 Å². The van der Waals surface area contributed by atoms with Crippen molar-refractivity contribution >= 4 is 118 Å². The summed E-state index contributed by atoms with van der Waals surface area (Å²) in [4.78, 5) is 26.0. The molecule has 4 aromatic heterocycles. The minimum Gasteiger partial charge on any atom is -0.857 e. The van der Waals surface area contributed by atoms with E-state index in [-0.39, 0.29) is 40.1 Å². The molecule has 4 aromatic carbocycles. The van der Waals surface area contributed by atoms with Crippen LogP contribution in [0.4, 0.5) is 0 Å². The summed E-state index contributed by atoms with van der Waals surface area (Å²) in [5.41, 5.74) is 4.54. The van der Waals surface area contributed by atoms with Crippen LogP contribution >= 0.6 is 63.7 Å². The second-order valence-corrected chi connectivity index (χ2v) is 17.9. The van der Waals surface area contributed by atoms with Crippen LogP contribution in [0.2, 0.25) is 0 Å². The minimum atomic E-state index is -0.394. The van der Waals surface area contributed by atoms with E-state index in [1.54, 1.807) is 153 Å². The zero-order chi connectivity index (χ0) is 56.2. The molecule has 8 aromatic rings. The largest absolute Gasteiger partial charge is 2.00 e. The van der Waals surface area contributed by atoms with Gasteiger partial charge in [0.1, 0.15) is 0 Å². The average Bonchev–Trinajstić information content (AvgIpc) is 3.45. The van der Waals surface area contributed by atoms with Crippen molar-refractivity contribution in [1.82, 2.24) is 19.9 Å². The molecule has 0 radical (unpaired) electrons. The van der Waals surface area contributed by atoms with Gasteiger partial charge in [0.2, 0.25) is 0 Å². The van der Waals surface area contributed by atoms with Gasteiger partial charge in [-0.05, 0) is 79.7 Å². The molecule has 18 nitrogen and oxygen atoms in total. The molecule has 0 saturated carbocycles. The van der Waals surface area contributed by atoms with Crippen LogP contribution in [0, 0.1) is 0 Å². The van der Waals surface area contributed by atoms with Crippen LogP contribution in [0.3, 0.4) is 0 Å². The van der Waals surface area contributed by atoms with Gasteiger partial charge in [-0.3, -0.25) is 24.7 Å². The molecule has 0 aliphatic heterocycles. The van der Waals surface area contributed by atoms with Crippen LogP contribution in [0.1, 0.15) is 58.9 Å². The van der Waals surface area contributed by atoms with E-state index in [2.05, 4.69) is 129 Å². The number of ether oxygens (including phenoxy) is 1. The Labute approximate surface area is 516 Å². The maximum absolute atomic E-state index is 11.7. The summed E-state index contributed by atoms with van der Waals surface area (Å²) in [7, 11) is 0. The average molecular weight is 1410 g/mol. The van der Waals surface area contributed by atoms with Gasteiger partial charge < -0.3 is 25.2 Å². The number of carbonyl (C=O) groups is 1. The van der Waals surface area contributed by atoms with Crippen LogP contribution in [0.15, 0.2) is 253 Å². The van der Waals surface area contributed by atoms with Crippen molar-refractivity contribution in [2.75, 3.05) is 6.61 Å². The molecule has 0 unspecified atom stereocenters. The first-order chi connectivity index (χ1) is 37.9. The predicted molar refractivity (Wildman–Crippen MR) is 312 cm³/mol. The Hall–Kier alpha value is -7.53. The summed E-state index contributed by atoms with van der Waals surface area (Å²) < 4.78 is 7.21. The molecule has 24 heteroatoms. The number of esters is 1. The van der Waals surface area contributed by atoms with Gasteiger partial charge >= 0.3 is 40.1 Å². The normalized spacial score (nSPS) is 11.3. The minimum absolute atomic E-state index is 0. The zero-order valence-electron chi connectivity index (χ0n) is 42.0. The van der Waals surface area contributed by atoms with E-state index in [1.807, 2.05) is 48.5 Å². The third kappa shape index (κ3) is 27.4. The second-order valence-electron chi connectivity index (χ2n) is 14.5. The zero-order valence-corrected chi connectivity index (χ0v) is 50.6. The number of pyridine rings is 4. The van der Waals surface area contributed by atoms with Crippen molar-refractivity contribution < 1.29 is 64.1 Å². The maximum Gasteiger partial charge on any atom is 2.00 e. The van der Waals surface area contributed by atoms with Gasteiger partial charge in [0.05, 0.1) is 54.2 Å². The van der Waals surface area contributed by atoms with Gasteiger partial charge in [-0.25, -0.2) is 0 Å². The number of hydrogen-bond acceptors (Lipinski definition) is 18. The van der Waals surface area contributed by atoms with Gasteiger partial charge in [0, 0.05) is 95.4 Å². The van der Waals surface area contributed by atoms with Crippen molar-refractivity contribution in [3.63, 3.8) is 0 Å². The number of nitrogens with zero attached hydrogens (tertiary/aromatic N) is 12. The van der Waals surface area contributed by atoms with Crippen molar-refractivity contribution in [3.05, 3.63) is 258 Å². The van der Waals surface area contributed by atoms with E-state index in [9.17, 15) is 25.2 Å². The molecular formula is C56H44Br4Fe2N12O6. The Morgan fingerprint density at radius 2 is 0.613 bits per heavy atom. The van der Waals surface area contributed by atoms with E-state index in [4.69, 9.17) is 0 Å². The molecule has 0 saturated heterocycles. The van der Waals surface area contributed by atoms with Crippen LogP contribution < -0.4 is 20.4 Å². The number of benzene rings is 4.